The Morgan fingerprint density at radius 2 is 1.93 bits per heavy atom. The van der Waals surface area contributed by atoms with Gasteiger partial charge in [0.05, 0.1) is 0 Å². The first-order chi connectivity index (χ1) is 7.06. The molecule has 0 bridgehead atoms. The van der Waals surface area contributed by atoms with Gasteiger partial charge in [-0.3, -0.25) is 9.80 Å². The SMILES string of the molecule is CCN1CC1C(C)CC1C(C(C)C)N1C. The number of hydrogen-bond donors (Lipinski definition) is 0. The summed E-state index contributed by atoms with van der Waals surface area (Å²) in [5, 5.41) is 0. The molecule has 2 heterocycles. The van der Waals surface area contributed by atoms with Gasteiger partial charge in [-0.2, -0.15) is 0 Å². The fraction of sp³-hybridized carbons (Fsp3) is 1.00. The van der Waals surface area contributed by atoms with E-state index >= 15 is 0 Å². The van der Waals surface area contributed by atoms with Gasteiger partial charge >= 0.3 is 0 Å². The molecular weight excluding hydrogens is 184 g/mol. The lowest BCUT2D eigenvalue weighted by atomic mass is 9.97. The van der Waals surface area contributed by atoms with Crippen LogP contribution in [0.5, 0.6) is 0 Å². The molecule has 6 unspecified atom stereocenters. The monoisotopic (exact) mass is 210 g/mol. The van der Waals surface area contributed by atoms with Crippen LogP contribution in [0.15, 0.2) is 0 Å². The van der Waals surface area contributed by atoms with Gasteiger partial charge in [-0.15, -0.1) is 0 Å². The zero-order valence-corrected chi connectivity index (χ0v) is 10.9. The molecule has 2 heteroatoms. The maximum absolute atomic E-state index is 2.58. The summed E-state index contributed by atoms with van der Waals surface area (Å²) in [5.74, 6) is 1.72. The van der Waals surface area contributed by atoms with E-state index < -0.39 is 0 Å². The summed E-state index contributed by atoms with van der Waals surface area (Å²) in [5.41, 5.74) is 0. The lowest BCUT2D eigenvalue weighted by Gasteiger charge is -2.10. The summed E-state index contributed by atoms with van der Waals surface area (Å²) in [6.07, 6.45) is 1.40. The smallest absolute Gasteiger partial charge is 0.0275 e. The molecule has 0 radical (unpaired) electrons. The fourth-order valence-corrected chi connectivity index (χ4v) is 3.28. The van der Waals surface area contributed by atoms with Crippen LogP contribution in [0.1, 0.15) is 34.1 Å². The molecule has 2 fully saturated rings. The molecule has 0 N–H and O–H groups in total. The predicted molar refractivity (Wildman–Crippen MR) is 65.0 cm³/mol. The zero-order chi connectivity index (χ0) is 11.2. The molecule has 15 heavy (non-hydrogen) atoms. The Hall–Kier alpha value is -0.0800. The summed E-state index contributed by atoms with van der Waals surface area (Å²) < 4.78 is 0. The molecule has 2 rings (SSSR count). The normalized spacial score (nSPS) is 45.6. The minimum Gasteiger partial charge on any atom is -0.298 e. The number of rotatable bonds is 5. The zero-order valence-electron chi connectivity index (χ0n) is 10.9. The highest BCUT2D eigenvalue weighted by atomic mass is 15.3. The first kappa shape index (κ1) is 11.4. The minimum atomic E-state index is 0.827. The minimum absolute atomic E-state index is 0.827. The molecule has 0 amide bonds. The highest BCUT2D eigenvalue weighted by Crippen LogP contribution is 2.39. The Bertz CT molecular complexity index is 227. The highest BCUT2D eigenvalue weighted by Gasteiger charge is 2.48. The molecule has 2 aliphatic heterocycles. The third-order valence-corrected chi connectivity index (χ3v) is 4.41. The molecule has 6 atom stereocenters. The Kier molecular flexibility index (Phi) is 3.09. The molecule has 2 saturated heterocycles. The van der Waals surface area contributed by atoms with Gasteiger partial charge in [0.1, 0.15) is 0 Å². The van der Waals surface area contributed by atoms with Crippen molar-refractivity contribution in [2.24, 2.45) is 11.8 Å². The summed E-state index contributed by atoms with van der Waals surface area (Å²) >= 11 is 0. The van der Waals surface area contributed by atoms with E-state index in [-0.39, 0.29) is 0 Å². The van der Waals surface area contributed by atoms with Gasteiger partial charge < -0.3 is 0 Å². The standard InChI is InChI=1S/C13H26N2/c1-6-15-8-12(15)10(4)7-11-13(9(2)3)14(11)5/h9-13H,6-8H2,1-5H3. The van der Waals surface area contributed by atoms with Crippen LogP contribution in [0.3, 0.4) is 0 Å². The van der Waals surface area contributed by atoms with E-state index in [4.69, 9.17) is 0 Å². The first-order valence-electron chi connectivity index (χ1n) is 6.52. The second-order valence-corrected chi connectivity index (χ2v) is 5.84. The molecule has 88 valence electrons. The lowest BCUT2D eigenvalue weighted by molar-refractivity contribution is 0.401. The molecule has 2 nitrogen and oxygen atoms in total. The molecule has 0 aromatic rings. The Morgan fingerprint density at radius 1 is 1.27 bits per heavy atom. The topological polar surface area (TPSA) is 6.02 Å². The molecule has 2 aliphatic rings. The van der Waals surface area contributed by atoms with E-state index in [1.54, 1.807) is 0 Å². The first-order valence-corrected chi connectivity index (χ1v) is 6.52. The van der Waals surface area contributed by atoms with Gasteiger partial charge in [0.2, 0.25) is 0 Å². The highest BCUT2D eigenvalue weighted by molar-refractivity contribution is 5.04. The van der Waals surface area contributed by atoms with E-state index in [0.29, 0.717) is 0 Å². The Morgan fingerprint density at radius 3 is 2.33 bits per heavy atom. The van der Waals surface area contributed by atoms with Gasteiger partial charge in [-0.25, -0.2) is 0 Å². The van der Waals surface area contributed by atoms with Gasteiger partial charge in [0.15, 0.2) is 0 Å². The van der Waals surface area contributed by atoms with Crippen LogP contribution in [0.4, 0.5) is 0 Å². The largest absolute Gasteiger partial charge is 0.298 e. The molecule has 0 aliphatic carbocycles. The van der Waals surface area contributed by atoms with Crippen molar-refractivity contribution in [2.75, 3.05) is 20.1 Å². The predicted octanol–water partition coefficient (Wildman–Crippen LogP) is 2.06. The maximum atomic E-state index is 2.58. The number of hydrogen-bond acceptors (Lipinski definition) is 2. The van der Waals surface area contributed by atoms with Crippen LogP contribution in [-0.2, 0) is 0 Å². The van der Waals surface area contributed by atoms with E-state index in [0.717, 1.165) is 30.0 Å². The average molecular weight is 210 g/mol. The quantitative estimate of drug-likeness (QED) is 0.641. The number of nitrogens with zero attached hydrogens (tertiary/aromatic N) is 2. The van der Waals surface area contributed by atoms with Gasteiger partial charge in [-0.05, 0) is 31.8 Å². The maximum Gasteiger partial charge on any atom is 0.0275 e. The van der Waals surface area contributed by atoms with Crippen molar-refractivity contribution < 1.29 is 0 Å². The Balaban J connectivity index is 1.74. The summed E-state index contributed by atoms with van der Waals surface area (Å²) in [7, 11) is 2.28. The van der Waals surface area contributed by atoms with Crippen LogP contribution in [0.2, 0.25) is 0 Å². The van der Waals surface area contributed by atoms with Crippen LogP contribution < -0.4 is 0 Å². The van der Waals surface area contributed by atoms with E-state index in [1.807, 2.05) is 0 Å². The molecular formula is C13H26N2. The fourth-order valence-electron chi connectivity index (χ4n) is 3.28. The number of likely N-dealkylation sites (N-methyl/N-ethyl adjacent to an activating group) is 2. The van der Waals surface area contributed by atoms with Crippen LogP contribution >= 0.6 is 0 Å². The molecule has 0 aromatic carbocycles. The van der Waals surface area contributed by atoms with Crippen molar-refractivity contribution in [2.45, 2.75) is 52.2 Å². The summed E-state index contributed by atoms with van der Waals surface area (Å²) in [6, 6.07) is 2.64. The summed E-state index contributed by atoms with van der Waals surface area (Å²) in [6.45, 7) is 12.0. The third-order valence-electron chi connectivity index (χ3n) is 4.41. The van der Waals surface area contributed by atoms with E-state index in [2.05, 4.69) is 44.5 Å². The molecule has 0 aromatic heterocycles. The van der Waals surface area contributed by atoms with E-state index in [9.17, 15) is 0 Å². The van der Waals surface area contributed by atoms with Gasteiger partial charge in [0.25, 0.3) is 0 Å². The molecule has 0 spiro atoms. The summed E-state index contributed by atoms with van der Waals surface area (Å²) in [4.78, 5) is 5.14. The van der Waals surface area contributed by atoms with Crippen molar-refractivity contribution in [1.82, 2.24) is 9.80 Å². The lowest BCUT2D eigenvalue weighted by Crippen LogP contribution is -2.14. The average Bonchev–Trinajstić information content (AvgIpc) is 3.02. The Labute approximate surface area is 94.6 Å². The third kappa shape index (κ3) is 2.21. The van der Waals surface area contributed by atoms with Gasteiger partial charge in [0, 0.05) is 24.7 Å². The van der Waals surface area contributed by atoms with E-state index in [1.165, 1.54) is 19.5 Å². The van der Waals surface area contributed by atoms with Crippen molar-refractivity contribution in [3.63, 3.8) is 0 Å². The van der Waals surface area contributed by atoms with Crippen molar-refractivity contribution in [1.29, 1.82) is 0 Å². The van der Waals surface area contributed by atoms with Crippen molar-refractivity contribution in [3.8, 4) is 0 Å². The second kappa shape index (κ2) is 4.06. The molecule has 0 saturated carbocycles. The van der Waals surface area contributed by atoms with Crippen molar-refractivity contribution >= 4 is 0 Å². The van der Waals surface area contributed by atoms with Crippen molar-refractivity contribution in [3.05, 3.63) is 0 Å². The van der Waals surface area contributed by atoms with Crippen LogP contribution in [0, 0.1) is 11.8 Å². The van der Waals surface area contributed by atoms with Gasteiger partial charge in [-0.1, -0.05) is 27.7 Å². The second-order valence-electron chi connectivity index (χ2n) is 5.84. The van der Waals surface area contributed by atoms with Crippen LogP contribution in [-0.4, -0.2) is 48.1 Å². The van der Waals surface area contributed by atoms with Crippen LogP contribution in [0.25, 0.3) is 0 Å².